The van der Waals surface area contributed by atoms with E-state index in [-0.39, 0.29) is 25.5 Å². The Morgan fingerprint density at radius 2 is 1.54 bits per heavy atom. The summed E-state index contributed by atoms with van der Waals surface area (Å²) >= 11 is 0. The molecule has 0 spiro atoms. The van der Waals surface area contributed by atoms with Crippen molar-refractivity contribution in [2.75, 3.05) is 30.9 Å². The summed E-state index contributed by atoms with van der Waals surface area (Å²) in [5.41, 5.74) is 1.05. The van der Waals surface area contributed by atoms with Crippen molar-refractivity contribution >= 4 is 29.1 Å². The van der Waals surface area contributed by atoms with Crippen LogP contribution in [0.5, 0.6) is 11.5 Å². The van der Waals surface area contributed by atoms with E-state index in [2.05, 4.69) is 16.0 Å². The maximum Gasteiger partial charge on any atom is 0.233 e. The molecule has 0 unspecified atom stereocenters. The molecule has 148 valence electrons. The summed E-state index contributed by atoms with van der Waals surface area (Å²) in [4.78, 5) is 34.9. The van der Waals surface area contributed by atoms with Gasteiger partial charge in [0.05, 0.1) is 13.7 Å². The van der Waals surface area contributed by atoms with E-state index in [1.165, 1.54) is 6.92 Å². The lowest BCUT2D eigenvalue weighted by atomic mass is 10.2. The van der Waals surface area contributed by atoms with E-state index >= 15 is 0 Å². The van der Waals surface area contributed by atoms with Crippen LogP contribution in [-0.4, -0.2) is 38.0 Å². The number of hydrogen-bond donors (Lipinski definition) is 3. The van der Waals surface area contributed by atoms with Crippen LogP contribution in [-0.2, 0) is 14.4 Å². The second-order valence-corrected chi connectivity index (χ2v) is 5.86. The summed E-state index contributed by atoms with van der Waals surface area (Å²) in [7, 11) is 1.58. The number of rotatable bonds is 9. The molecule has 28 heavy (non-hydrogen) atoms. The van der Waals surface area contributed by atoms with Crippen LogP contribution in [0.1, 0.15) is 13.3 Å². The van der Waals surface area contributed by atoms with Crippen molar-refractivity contribution in [2.24, 2.45) is 0 Å². The highest BCUT2D eigenvalue weighted by Crippen LogP contribution is 2.17. The summed E-state index contributed by atoms with van der Waals surface area (Å²) in [6.07, 6.45) is -0.313. The van der Waals surface area contributed by atoms with Crippen molar-refractivity contribution in [2.45, 2.75) is 13.3 Å². The fourth-order valence-electron chi connectivity index (χ4n) is 2.32. The van der Waals surface area contributed by atoms with Gasteiger partial charge in [0.2, 0.25) is 17.7 Å². The average Bonchev–Trinajstić information content (AvgIpc) is 2.65. The Morgan fingerprint density at radius 3 is 2.18 bits per heavy atom. The molecule has 2 aromatic carbocycles. The number of anilines is 2. The van der Waals surface area contributed by atoms with Crippen LogP contribution in [0.15, 0.2) is 48.5 Å². The van der Waals surface area contributed by atoms with Crippen LogP contribution >= 0.6 is 0 Å². The minimum Gasteiger partial charge on any atom is -0.497 e. The quantitative estimate of drug-likeness (QED) is 0.453. The Balaban J connectivity index is 1.69. The molecular formula is C20H23N3O5. The summed E-state index contributed by atoms with van der Waals surface area (Å²) in [6, 6.07) is 13.8. The third-order valence-corrected chi connectivity index (χ3v) is 3.54. The molecule has 0 radical (unpaired) electrons. The zero-order chi connectivity index (χ0) is 20.4. The van der Waals surface area contributed by atoms with Gasteiger partial charge in [-0.1, -0.05) is 6.07 Å². The zero-order valence-electron chi connectivity index (χ0n) is 15.8. The van der Waals surface area contributed by atoms with Crippen LogP contribution in [0.3, 0.4) is 0 Å². The summed E-state index contributed by atoms with van der Waals surface area (Å²) in [6.45, 7) is 1.95. The van der Waals surface area contributed by atoms with Gasteiger partial charge in [-0.3, -0.25) is 14.4 Å². The first-order valence-electron chi connectivity index (χ1n) is 8.67. The van der Waals surface area contributed by atoms with Crippen molar-refractivity contribution in [1.82, 2.24) is 5.32 Å². The topological polar surface area (TPSA) is 106 Å². The van der Waals surface area contributed by atoms with Gasteiger partial charge in [0, 0.05) is 18.3 Å². The predicted molar refractivity (Wildman–Crippen MR) is 105 cm³/mol. The Labute approximate surface area is 163 Å². The highest BCUT2D eigenvalue weighted by atomic mass is 16.5. The fraction of sp³-hybridized carbons (Fsp3) is 0.250. The van der Waals surface area contributed by atoms with E-state index in [0.717, 1.165) is 5.75 Å². The van der Waals surface area contributed by atoms with Crippen molar-refractivity contribution < 1.29 is 23.9 Å². The van der Waals surface area contributed by atoms with Crippen LogP contribution in [0.4, 0.5) is 11.4 Å². The maximum absolute atomic E-state index is 12.0. The lowest BCUT2D eigenvalue weighted by Gasteiger charge is -2.09. The summed E-state index contributed by atoms with van der Waals surface area (Å²) < 4.78 is 10.6. The number of ether oxygens (including phenoxy) is 2. The molecule has 0 saturated heterocycles. The minimum atomic E-state index is -0.450. The number of nitrogens with one attached hydrogen (secondary N) is 3. The van der Waals surface area contributed by atoms with Crippen molar-refractivity contribution in [3.63, 3.8) is 0 Å². The molecule has 8 nitrogen and oxygen atoms in total. The number of carbonyl (C=O) groups is 3. The molecule has 8 heteroatoms. The lowest BCUT2D eigenvalue weighted by molar-refractivity contribution is -0.126. The smallest absolute Gasteiger partial charge is 0.233 e. The van der Waals surface area contributed by atoms with E-state index in [9.17, 15) is 14.4 Å². The standard InChI is InChI=1S/C20H23N3O5/c1-14(24)22-15-4-3-5-16(12-15)23-20(26)13-19(25)21-10-11-28-18-8-6-17(27-2)7-9-18/h3-9,12H,10-11,13H2,1-2H3,(H,21,25)(H,22,24)(H,23,26). The van der Waals surface area contributed by atoms with Gasteiger partial charge in [-0.25, -0.2) is 0 Å². The predicted octanol–water partition coefficient (Wildman–Crippen LogP) is 2.18. The van der Waals surface area contributed by atoms with E-state index in [1.54, 1.807) is 55.6 Å². The molecule has 2 aromatic rings. The molecule has 0 bridgehead atoms. The molecule has 3 N–H and O–H groups in total. The first kappa shape index (κ1) is 20.8. The van der Waals surface area contributed by atoms with E-state index in [0.29, 0.717) is 17.1 Å². The number of hydrogen-bond acceptors (Lipinski definition) is 5. The van der Waals surface area contributed by atoms with Gasteiger partial charge in [0.25, 0.3) is 0 Å². The number of methoxy groups -OCH3 is 1. The van der Waals surface area contributed by atoms with Gasteiger partial charge in [-0.2, -0.15) is 0 Å². The van der Waals surface area contributed by atoms with Crippen LogP contribution < -0.4 is 25.4 Å². The highest BCUT2D eigenvalue weighted by molar-refractivity contribution is 6.03. The van der Waals surface area contributed by atoms with E-state index in [1.807, 2.05) is 0 Å². The second kappa shape index (κ2) is 10.6. The van der Waals surface area contributed by atoms with Gasteiger partial charge in [-0.05, 0) is 42.5 Å². The van der Waals surface area contributed by atoms with Crippen LogP contribution in [0.25, 0.3) is 0 Å². The molecule has 0 heterocycles. The van der Waals surface area contributed by atoms with E-state index in [4.69, 9.17) is 9.47 Å². The first-order valence-corrected chi connectivity index (χ1v) is 8.67. The Kier molecular flexibility index (Phi) is 7.83. The SMILES string of the molecule is COc1ccc(OCCNC(=O)CC(=O)Nc2cccc(NC(C)=O)c2)cc1. The molecule has 0 aliphatic heterocycles. The molecular weight excluding hydrogens is 362 g/mol. The van der Waals surface area contributed by atoms with Crippen molar-refractivity contribution in [1.29, 1.82) is 0 Å². The number of benzene rings is 2. The second-order valence-electron chi connectivity index (χ2n) is 5.86. The van der Waals surface area contributed by atoms with Crippen LogP contribution in [0, 0.1) is 0 Å². The fourth-order valence-corrected chi connectivity index (χ4v) is 2.32. The molecule has 0 aromatic heterocycles. The maximum atomic E-state index is 12.0. The number of amides is 3. The Morgan fingerprint density at radius 1 is 0.893 bits per heavy atom. The number of carbonyl (C=O) groups excluding carboxylic acids is 3. The molecule has 3 amide bonds. The average molecular weight is 385 g/mol. The molecule has 0 aliphatic carbocycles. The first-order chi connectivity index (χ1) is 13.5. The highest BCUT2D eigenvalue weighted by Gasteiger charge is 2.10. The molecule has 2 rings (SSSR count). The van der Waals surface area contributed by atoms with Crippen molar-refractivity contribution in [3.05, 3.63) is 48.5 Å². The van der Waals surface area contributed by atoms with Gasteiger partial charge in [-0.15, -0.1) is 0 Å². The molecule has 0 atom stereocenters. The van der Waals surface area contributed by atoms with Crippen LogP contribution in [0.2, 0.25) is 0 Å². The Bertz CT molecular complexity index is 821. The Hall–Kier alpha value is -3.55. The van der Waals surface area contributed by atoms with E-state index < -0.39 is 11.8 Å². The minimum absolute atomic E-state index is 0.209. The lowest BCUT2D eigenvalue weighted by Crippen LogP contribution is -2.31. The molecule has 0 fully saturated rings. The monoisotopic (exact) mass is 385 g/mol. The van der Waals surface area contributed by atoms with Crippen molar-refractivity contribution in [3.8, 4) is 11.5 Å². The normalized spacial score (nSPS) is 9.93. The zero-order valence-corrected chi connectivity index (χ0v) is 15.8. The summed E-state index contributed by atoms with van der Waals surface area (Å²) in [5.74, 6) is 0.322. The summed E-state index contributed by atoms with van der Waals surface area (Å²) in [5, 5.41) is 7.87. The van der Waals surface area contributed by atoms with Gasteiger partial charge < -0.3 is 25.4 Å². The van der Waals surface area contributed by atoms with Gasteiger partial charge in [0.15, 0.2) is 0 Å². The molecule has 0 aliphatic rings. The third-order valence-electron chi connectivity index (χ3n) is 3.54. The van der Waals surface area contributed by atoms with Gasteiger partial charge >= 0.3 is 0 Å². The third kappa shape index (κ3) is 7.36. The largest absolute Gasteiger partial charge is 0.497 e. The van der Waals surface area contributed by atoms with Gasteiger partial charge in [0.1, 0.15) is 24.5 Å². The molecule has 0 saturated carbocycles.